The normalized spacial score (nSPS) is 15.7. The number of likely N-dealkylation sites (N-methyl/N-ethyl adjacent to an activating group) is 1. The van der Waals surface area contributed by atoms with Gasteiger partial charge in [0, 0.05) is 13.0 Å². The van der Waals surface area contributed by atoms with E-state index in [0.29, 0.717) is 30.0 Å². The summed E-state index contributed by atoms with van der Waals surface area (Å²) in [5.74, 6) is -0.223. The predicted octanol–water partition coefficient (Wildman–Crippen LogP) is 3.13. The van der Waals surface area contributed by atoms with Crippen LogP contribution in [0.3, 0.4) is 0 Å². The molecule has 0 bridgehead atoms. The maximum Gasteiger partial charge on any atom is 0.339 e. The number of nitrogens with one attached hydrogen (secondary N) is 1. The number of nitrogens with zero attached hydrogens (tertiary/aromatic N) is 1. The summed E-state index contributed by atoms with van der Waals surface area (Å²) in [6.45, 7) is 7.49. The molecule has 0 aliphatic carbocycles. The Morgan fingerprint density at radius 2 is 1.86 bits per heavy atom. The lowest BCUT2D eigenvalue weighted by Crippen LogP contribution is -2.38. The van der Waals surface area contributed by atoms with E-state index in [4.69, 9.17) is 9.47 Å². The van der Waals surface area contributed by atoms with Crippen molar-refractivity contribution in [1.82, 2.24) is 4.90 Å². The largest absolute Gasteiger partial charge is 0.490 e. The highest BCUT2D eigenvalue weighted by molar-refractivity contribution is 6.00. The van der Waals surface area contributed by atoms with Gasteiger partial charge in [-0.05, 0) is 36.9 Å². The fourth-order valence-electron chi connectivity index (χ4n) is 3.21. The lowest BCUT2D eigenvalue weighted by Gasteiger charge is -2.24. The third-order valence-electron chi connectivity index (χ3n) is 4.89. The molecule has 1 atom stereocenters. The van der Waals surface area contributed by atoms with Gasteiger partial charge in [0.05, 0.1) is 11.3 Å². The van der Waals surface area contributed by atoms with E-state index in [0.717, 1.165) is 25.2 Å². The van der Waals surface area contributed by atoms with Crippen LogP contribution in [0.5, 0.6) is 5.75 Å². The molecular weight excluding hydrogens is 356 g/mol. The van der Waals surface area contributed by atoms with Crippen molar-refractivity contribution in [2.75, 3.05) is 31.6 Å². The van der Waals surface area contributed by atoms with Crippen molar-refractivity contribution < 1.29 is 19.1 Å². The molecule has 0 saturated carbocycles. The highest BCUT2D eigenvalue weighted by Gasteiger charge is 2.31. The van der Waals surface area contributed by atoms with Gasteiger partial charge in [-0.2, -0.15) is 0 Å². The van der Waals surface area contributed by atoms with Gasteiger partial charge in [0.15, 0.2) is 6.10 Å². The molecule has 0 spiro atoms. The van der Waals surface area contributed by atoms with Crippen LogP contribution in [-0.2, 0) is 16.0 Å². The van der Waals surface area contributed by atoms with Crippen LogP contribution in [0.4, 0.5) is 5.69 Å². The van der Waals surface area contributed by atoms with Gasteiger partial charge in [0.2, 0.25) is 0 Å². The van der Waals surface area contributed by atoms with E-state index in [1.807, 2.05) is 30.3 Å². The molecule has 1 heterocycles. The number of rotatable bonds is 8. The summed E-state index contributed by atoms with van der Waals surface area (Å²) in [6, 6.07) is 14.5. The molecule has 1 aliphatic rings. The van der Waals surface area contributed by atoms with Crippen molar-refractivity contribution in [2.45, 2.75) is 26.4 Å². The van der Waals surface area contributed by atoms with Crippen molar-refractivity contribution in [1.29, 1.82) is 0 Å². The highest BCUT2D eigenvalue weighted by atomic mass is 16.5. The van der Waals surface area contributed by atoms with Gasteiger partial charge < -0.3 is 19.7 Å². The summed E-state index contributed by atoms with van der Waals surface area (Å²) in [5.41, 5.74) is 1.91. The van der Waals surface area contributed by atoms with Crippen molar-refractivity contribution >= 4 is 17.6 Å². The van der Waals surface area contributed by atoms with Crippen molar-refractivity contribution in [3.63, 3.8) is 0 Å². The summed E-state index contributed by atoms with van der Waals surface area (Å²) in [5, 5.41) is 2.84. The smallest absolute Gasteiger partial charge is 0.339 e. The molecule has 2 aromatic rings. The Morgan fingerprint density at radius 1 is 1.14 bits per heavy atom. The second-order valence-corrected chi connectivity index (χ2v) is 6.62. The number of amides is 1. The molecule has 0 radical (unpaired) electrons. The molecule has 6 nitrogen and oxygen atoms in total. The molecule has 1 aliphatic heterocycles. The van der Waals surface area contributed by atoms with E-state index in [1.165, 1.54) is 0 Å². The zero-order chi connectivity index (χ0) is 19.9. The molecule has 0 saturated heterocycles. The first kappa shape index (κ1) is 19.9. The molecule has 0 fully saturated rings. The minimum Gasteiger partial charge on any atom is -0.490 e. The SMILES string of the molecule is CCN(CC)CCOc1ccccc1NC(=O)C1Cc2ccccc2C(=O)O1. The van der Waals surface area contributed by atoms with E-state index in [2.05, 4.69) is 24.1 Å². The van der Waals surface area contributed by atoms with Crippen LogP contribution in [0.2, 0.25) is 0 Å². The molecule has 1 N–H and O–H groups in total. The predicted molar refractivity (Wildman–Crippen MR) is 108 cm³/mol. The molecule has 3 rings (SSSR count). The molecular formula is C22H26N2O4. The number of hydrogen-bond donors (Lipinski definition) is 1. The van der Waals surface area contributed by atoms with Gasteiger partial charge in [0.25, 0.3) is 5.91 Å². The number of fused-ring (bicyclic) bond motifs is 1. The van der Waals surface area contributed by atoms with Gasteiger partial charge in [-0.3, -0.25) is 4.79 Å². The summed E-state index contributed by atoms with van der Waals surface area (Å²) >= 11 is 0. The van der Waals surface area contributed by atoms with Crippen LogP contribution in [-0.4, -0.2) is 49.1 Å². The number of anilines is 1. The Bertz CT molecular complexity index is 833. The Labute approximate surface area is 165 Å². The number of cyclic esters (lactones) is 1. The minimum atomic E-state index is -0.855. The van der Waals surface area contributed by atoms with E-state index in [1.54, 1.807) is 18.2 Å². The third kappa shape index (κ3) is 4.70. The molecule has 0 aromatic heterocycles. The Hall–Kier alpha value is -2.86. The fourth-order valence-corrected chi connectivity index (χ4v) is 3.21. The van der Waals surface area contributed by atoms with E-state index >= 15 is 0 Å². The van der Waals surface area contributed by atoms with E-state index in [-0.39, 0.29) is 5.91 Å². The Kier molecular flexibility index (Phi) is 6.66. The Balaban J connectivity index is 1.64. The quantitative estimate of drug-likeness (QED) is 0.711. The Morgan fingerprint density at radius 3 is 2.64 bits per heavy atom. The third-order valence-corrected chi connectivity index (χ3v) is 4.89. The topological polar surface area (TPSA) is 67.9 Å². The van der Waals surface area contributed by atoms with Crippen LogP contribution in [0, 0.1) is 0 Å². The zero-order valence-electron chi connectivity index (χ0n) is 16.3. The van der Waals surface area contributed by atoms with E-state index in [9.17, 15) is 9.59 Å². The standard InChI is InChI=1S/C22H26N2O4/c1-3-24(4-2)13-14-27-19-12-8-7-11-18(19)23-21(25)20-15-16-9-5-6-10-17(16)22(26)28-20/h5-12,20H,3-4,13-15H2,1-2H3,(H,23,25). The lowest BCUT2D eigenvalue weighted by molar-refractivity contribution is -0.125. The first-order valence-electron chi connectivity index (χ1n) is 9.66. The summed E-state index contributed by atoms with van der Waals surface area (Å²) in [7, 11) is 0. The van der Waals surface area contributed by atoms with E-state index < -0.39 is 12.1 Å². The summed E-state index contributed by atoms with van der Waals surface area (Å²) < 4.78 is 11.2. The fraction of sp³-hybridized carbons (Fsp3) is 0.364. The van der Waals surface area contributed by atoms with Gasteiger partial charge >= 0.3 is 5.97 Å². The van der Waals surface area contributed by atoms with Gasteiger partial charge in [-0.25, -0.2) is 4.79 Å². The van der Waals surface area contributed by atoms with Crippen LogP contribution in [0.1, 0.15) is 29.8 Å². The molecule has 2 aromatic carbocycles. The molecule has 148 valence electrons. The van der Waals surface area contributed by atoms with Crippen LogP contribution >= 0.6 is 0 Å². The maximum absolute atomic E-state index is 12.7. The number of ether oxygens (including phenoxy) is 2. The van der Waals surface area contributed by atoms with Crippen molar-refractivity contribution in [3.05, 3.63) is 59.7 Å². The first-order valence-corrected chi connectivity index (χ1v) is 9.66. The number of esters is 1. The number of carbonyl (C=O) groups excluding carboxylic acids is 2. The maximum atomic E-state index is 12.7. The van der Waals surface area contributed by atoms with Crippen molar-refractivity contribution in [3.8, 4) is 5.75 Å². The van der Waals surface area contributed by atoms with Gasteiger partial charge in [0.1, 0.15) is 12.4 Å². The molecule has 6 heteroatoms. The number of hydrogen-bond acceptors (Lipinski definition) is 5. The second-order valence-electron chi connectivity index (χ2n) is 6.62. The average Bonchev–Trinajstić information content (AvgIpc) is 2.72. The molecule has 1 unspecified atom stereocenters. The van der Waals surface area contributed by atoms with Gasteiger partial charge in [-0.15, -0.1) is 0 Å². The average molecular weight is 382 g/mol. The monoisotopic (exact) mass is 382 g/mol. The van der Waals surface area contributed by atoms with Gasteiger partial charge in [-0.1, -0.05) is 44.2 Å². The number of carbonyl (C=O) groups is 2. The van der Waals surface area contributed by atoms with Crippen LogP contribution in [0.25, 0.3) is 0 Å². The van der Waals surface area contributed by atoms with Crippen LogP contribution < -0.4 is 10.1 Å². The second kappa shape index (κ2) is 9.37. The highest BCUT2D eigenvalue weighted by Crippen LogP contribution is 2.26. The summed E-state index contributed by atoms with van der Waals surface area (Å²) in [4.78, 5) is 27.1. The van der Waals surface area contributed by atoms with Crippen LogP contribution in [0.15, 0.2) is 48.5 Å². The first-order chi connectivity index (χ1) is 13.6. The molecule has 28 heavy (non-hydrogen) atoms. The number of para-hydroxylation sites is 2. The molecule has 1 amide bonds. The number of benzene rings is 2. The van der Waals surface area contributed by atoms with Crippen molar-refractivity contribution in [2.24, 2.45) is 0 Å². The lowest BCUT2D eigenvalue weighted by atomic mass is 9.98. The zero-order valence-corrected chi connectivity index (χ0v) is 16.3. The summed E-state index contributed by atoms with van der Waals surface area (Å²) in [6.07, 6.45) is -0.496. The minimum absolute atomic E-state index is 0.359.